The summed E-state index contributed by atoms with van der Waals surface area (Å²) >= 11 is 6.95. The van der Waals surface area contributed by atoms with Crippen LogP contribution in [0.2, 0.25) is 5.02 Å². The first-order chi connectivity index (χ1) is 14.3. The molecule has 0 bridgehead atoms. The fraction of sp³-hybridized carbons (Fsp3) is 0.100. The van der Waals surface area contributed by atoms with Gasteiger partial charge in [-0.3, -0.25) is 0 Å². The topological polar surface area (TPSA) is 95.7 Å². The van der Waals surface area contributed by atoms with Gasteiger partial charge >= 0.3 is 16.1 Å². The molecule has 2 aromatic carbocycles. The number of esters is 1. The van der Waals surface area contributed by atoms with E-state index in [1.807, 2.05) is 6.92 Å². The van der Waals surface area contributed by atoms with Crippen LogP contribution in [-0.2, 0) is 14.9 Å². The number of aromatic nitrogens is 1. The average molecular weight is 464 g/mol. The Labute approximate surface area is 181 Å². The quantitative estimate of drug-likeness (QED) is 0.301. The lowest BCUT2D eigenvalue weighted by Gasteiger charge is -2.10. The summed E-state index contributed by atoms with van der Waals surface area (Å²) in [4.78, 5) is 16.0. The molecule has 0 N–H and O–H groups in total. The van der Waals surface area contributed by atoms with Gasteiger partial charge in [0.1, 0.15) is 15.3 Å². The van der Waals surface area contributed by atoms with Gasteiger partial charge in [-0.1, -0.05) is 23.2 Å². The van der Waals surface area contributed by atoms with Gasteiger partial charge in [0, 0.05) is 5.02 Å². The number of rotatable bonds is 5. The second-order valence-electron chi connectivity index (χ2n) is 6.27. The number of hydrogen-bond donors (Lipinski definition) is 0. The van der Waals surface area contributed by atoms with Crippen molar-refractivity contribution in [3.05, 3.63) is 63.3 Å². The Morgan fingerprint density at radius 2 is 1.97 bits per heavy atom. The van der Waals surface area contributed by atoms with E-state index in [0.717, 1.165) is 16.9 Å². The van der Waals surface area contributed by atoms with Crippen LogP contribution in [-0.4, -0.2) is 26.5 Å². The van der Waals surface area contributed by atoms with Gasteiger partial charge in [-0.25, -0.2) is 9.78 Å². The van der Waals surface area contributed by atoms with E-state index >= 15 is 0 Å². The molecule has 0 fully saturated rings. The van der Waals surface area contributed by atoms with Gasteiger partial charge < -0.3 is 13.3 Å². The molecule has 0 radical (unpaired) electrons. The van der Waals surface area contributed by atoms with Gasteiger partial charge in [-0.05, 0) is 48.7 Å². The van der Waals surface area contributed by atoms with Crippen molar-refractivity contribution in [2.75, 3.05) is 7.11 Å². The number of benzene rings is 2. The number of ether oxygens (including phenoxy) is 1. The normalized spacial score (nSPS) is 11.6. The predicted molar refractivity (Wildman–Crippen MR) is 113 cm³/mol. The summed E-state index contributed by atoms with van der Waals surface area (Å²) < 4.78 is 41.6. The minimum absolute atomic E-state index is 0.0141. The number of aryl methyl sites for hydroxylation is 1. The fourth-order valence-corrected chi connectivity index (χ4v) is 5.22. The summed E-state index contributed by atoms with van der Waals surface area (Å²) in [7, 11) is -3.14. The summed E-state index contributed by atoms with van der Waals surface area (Å²) in [5.41, 5.74) is 2.22. The van der Waals surface area contributed by atoms with Gasteiger partial charge in [0.2, 0.25) is 5.89 Å². The number of methoxy groups -OCH3 is 1. The summed E-state index contributed by atoms with van der Waals surface area (Å²) in [6.45, 7) is 1.84. The van der Waals surface area contributed by atoms with Crippen LogP contribution >= 0.6 is 22.9 Å². The zero-order valence-electron chi connectivity index (χ0n) is 15.7. The number of thiophene rings is 1. The Morgan fingerprint density at radius 3 is 2.73 bits per heavy atom. The Balaban J connectivity index is 1.79. The zero-order valence-corrected chi connectivity index (χ0v) is 18.1. The number of carbonyl (C=O) groups is 1. The largest absolute Gasteiger partial charge is 0.465 e. The third-order valence-electron chi connectivity index (χ3n) is 4.18. The first-order valence-corrected chi connectivity index (χ1v) is 11.2. The number of nitrogens with zero attached hydrogens (tertiary/aromatic N) is 1. The van der Waals surface area contributed by atoms with Crippen molar-refractivity contribution in [2.45, 2.75) is 11.8 Å². The Bertz CT molecular complexity index is 1370. The van der Waals surface area contributed by atoms with Crippen LogP contribution in [0.4, 0.5) is 0 Å². The maximum atomic E-state index is 12.9. The summed E-state index contributed by atoms with van der Waals surface area (Å²) in [6.07, 6.45) is 0. The van der Waals surface area contributed by atoms with Crippen LogP contribution in [0, 0.1) is 6.92 Å². The number of carbonyl (C=O) groups excluding carboxylic acids is 1. The van der Waals surface area contributed by atoms with E-state index in [1.54, 1.807) is 30.3 Å². The molecular formula is C20H14ClNO6S2. The van der Waals surface area contributed by atoms with Crippen molar-refractivity contribution in [3.8, 4) is 17.2 Å². The molecule has 10 heteroatoms. The average Bonchev–Trinajstić information content (AvgIpc) is 3.35. The highest BCUT2D eigenvalue weighted by Gasteiger charge is 2.28. The number of halogens is 1. The number of fused-ring (bicyclic) bond motifs is 1. The molecule has 0 saturated heterocycles. The SMILES string of the molecule is COC(=O)c1sccc1S(=O)(=O)Oc1ccc(C)cc1-c1nc2cc(Cl)ccc2o1. The summed E-state index contributed by atoms with van der Waals surface area (Å²) in [5.74, 6) is -0.563. The van der Waals surface area contributed by atoms with Gasteiger partial charge in [0.25, 0.3) is 0 Å². The van der Waals surface area contributed by atoms with Crippen LogP contribution in [0.15, 0.2) is 57.2 Å². The monoisotopic (exact) mass is 463 g/mol. The van der Waals surface area contributed by atoms with Crippen LogP contribution in [0.5, 0.6) is 5.75 Å². The van der Waals surface area contributed by atoms with Crippen LogP contribution in [0.25, 0.3) is 22.6 Å². The highest BCUT2D eigenvalue weighted by molar-refractivity contribution is 7.87. The first-order valence-electron chi connectivity index (χ1n) is 8.56. The molecule has 2 aromatic heterocycles. The Morgan fingerprint density at radius 1 is 1.17 bits per heavy atom. The van der Waals surface area contributed by atoms with Crippen molar-refractivity contribution >= 4 is 50.1 Å². The Hall–Kier alpha value is -2.88. The molecule has 4 aromatic rings. The highest BCUT2D eigenvalue weighted by atomic mass is 35.5. The summed E-state index contributed by atoms with van der Waals surface area (Å²) in [6, 6.07) is 11.2. The van der Waals surface area contributed by atoms with Gasteiger partial charge in [0.15, 0.2) is 11.3 Å². The lowest BCUT2D eigenvalue weighted by Crippen LogP contribution is -2.13. The van der Waals surface area contributed by atoms with Gasteiger partial charge in [-0.15, -0.1) is 11.3 Å². The van der Waals surface area contributed by atoms with Crippen molar-refractivity contribution in [1.82, 2.24) is 4.98 Å². The molecule has 0 aliphatic carbocycles. The van der Waals surface area contributed by atoms with Crippen molar-refractivity contribution in [3.63, 3.8) is 0 Å². The minimum atomic E-state index is -4.32. The molecule has 4 rings (SSSR count). The van der Waals surface area contributed by atoms with E-state index in [1.165, 1.54) is 24.6 Å². The maximum Gasteiger partial charge on any atom is 0.349 e. The molecule has 0 atom stereocenters. The smallest absolute Gasteiger partial charge is 0.349 e. The molecule has 154 valence electrons. The van der Waals surface area contributed by atoms with Crippen molar-refractivity contribution < 1.29 is 26.5 Å². The maximum absolute atomic E-state index is 12.9. The van der Waals surface area contributed by atoms with E-state index in [2.05, 4.69) is 9.72 Å². The fourth-order valence-electron chi connectivity index (χ4n) is 2.80. The van der Waals surface area contributed by atoms with E-state index in [9.17, 15) is 13.2 Å². The van der Waals surface area contributed by atoms with E-state index < -0.39 is 16.1 Å². The van der Waals surface area contributed by atoms with Crippen LogP contribution in [0.1, 0.15) is 15.2 Å². The van der Waals surface area contributed by atoms with E-state index in [-0.39, 0.29) is 21.4 Å². The van der Waals surface area contributed by atoms with Crippen molar-refractivity contribution in [2.24, 2.45) is 0 Å². The van der Waals surface area contributed by atoms with Gasteiger partial charge in [-0.2, -0.15) is 8.42 Å². The number of hydrogen-bond acceptors (Lipinski definition) is 8. The molecule has 0 saturated carbocycles. The Kier molecular flexibility index (Phi) is 5.27. The lowest BCUT2D eigenvalue weighted by atomic mass is 10.1. The molecule has 2 heterocycles. The first kappa shape index (κ1) is 20.4. The third-order valence-corrected chi connectivity index (χ3v) is 6.72. The molecule has 0 unspecified atom stereocenters. The van der Waals surface area contributed by atoms with Crippen LogP contribution < -0.4 is 4.18 Å². The zero-order chi connectivity index (χ0) is 21.5. The van der Waals surface area contributed by atoms with E-state index in [4.69, 9.17) is 20.2 Å². The second kappa shape index (κ2) is 7.75. The van der Waals surface area contributed by atoms with Gasteiger partial charge in [0.05, 0.1) is 12.7 Å². The van der Waals surface area contributed by atoms with E-state index in [0.29, 0.717) is 21.7 Å². The standard InChI is InChI=1S/C20H14ClNO6S2/c1-11-3-5-15(28-30(24,25)17-7-8-29-18(17)20(23)26-2)13(9-11)19-22-14-10-12(21)4-6-16(14)27-19/h3-10H,1-2H3. The molecule has 0 spiro atoms. The highest BCUT2D eigenvalue weighted by Crippen LogP contribution is 2.35. The molecule has 30 heavy (non-hydrogen) atoms. The second-order valence-corrected chi connectivity index (χ2v) is 9.14. The molecule has 0 aliphatic heterocycles. The summed E-state index contributed by atoms with van der Waals surface area (Å²) in [5, 5.41) is 1.97. The molecule has 7 nitrogen and oxygen atoms in total. The third kappa shape index (κ3) is 3.79. The molecular weight excluding hydrogens is 450 g/mol. The molecule has 0 amide bonds. The predicted octanol–water partition coefficient (Wildman–Crippen LogP) is 5.07. The van der Waals surface area contributed by atoms with Crippen molar-refractivity contribution in [1.29, 1.82) is 0 Å². The lowest BCUT2D eigenvalue weighted by molar-refractivity contribution is 0.0602. The van der Waals surface area contributed by atoms with Crippen LogP contribution in [0.3, 0.4) is 0 Å². The minimum Gasteiger partial charge on any atom is -0.465 e. The molecule has 0 aliphatic rings. The number of oxazole rings is 1.